The number of nitrogens with zero attached hydrogens (tertiary/aromatic N) is 2. The summed E-state index contributed by atoms with van der Waals surface area (Å²) in [7, 11) is 0. The summed E-state index contributed by atoms with van der Waals surface area (Å²) in [5.74, 6) is 0.527. The van der Waals surface area contributed by atoms with Gasteiger partial charge in [0.1, 0.15) is 10.8 Å². The Morgan fingerprint density at radius 2 is 2.25 bits per heavy atom. The molecule has 0 fully saturated rings. The van der Waals surface area contributed by atoms with Crippen molar-refractivity contribution in [3.63, 3.8) is 0 Å². The van der Waals surface area contributed by atoms with Crippen LogP contribution in [-0.4, -0.2) is 16.0 Å². The van der Waals surface area contributed by atoms with Crippen LogP contribution < -0.4 is 10.6 Å². The summed E-state index contributed by atoms with van der Waals surface area (Å²) in [6, 6.07) is 5.04. The number of aromatic nitrogens is 2. The van der Waals surface area contributed by atoms with Crippen LogP contribution in [0.1, 0.15) is 5.01 Å². The van der Waals surface area contributed by atoms with E-state index < -0.39 is 0 Å². The van der Waals surface area contributed by atoms with Crippen LogP contribution in [0.25, 0.3) is 0 Å². The minimum Gasteiger partial charge on any atom is -0.331 e. The van der Waals surface area contributed by atoms with E-state index in [1.54, 1.807) is 24.5 Å². The van der Waals surface area contributed by atoms with Crippen molar-refractivity contribution < 1.29 is 4.79 Å². The van der Waals surface area contributed by atoms with Crippen LogP contribution in [0, 0.1) is 0 Å². The molecule has 0 spiro atoms. The van der Waals surface area contributed by atoms with Crippen LogP contribution in [0.3, 0.4) is 0 Å². The Balaban J connectivity index is 1.81. The number of rotatable bonds is 3. The van der Waals surface area contributed by atoms with Crippen LogP contribution in [0.2, 0.25) is 0 Å². The van der Waals surface area contributed by atoms with Crippen LogP contribution in [0.4, 0.5) is 10.6 Å². The lowest BCUT2D eigenvalue weighted by Gasteiger charge is -2.04. The molecular formula is C10H10N4OS. The number of thiazole rings is 1. The molecule has 0 bridgehead atoms. The molecule has 0 saturated carbocycles. The number of amides is 2. The van der Waals surface area contributed by atoms with Gasteiger partial charge in [-0.25, -0.2) is 14.8 Å². The van der Waals surface area contributed by atoms with E-state index in [-0.39, 0.29) is 6.03 Å². The molecule has 2 aromatic heterocycles. The average Bonchev–Trinajstić information content (AvgIpc) is 2.81. The molecular weight excluding hydrogens is 224 g/mol. The zero-order chi connectivity index (χ0) is 11.2. The van der Waals surface area contributed by atoms with Gasteiger partial charge >= 0.3 is 6.03 Å². The number of urea groups is 1. The zero-order valence-electron chi connectivity index (χ0n) is 8.38. The first kappa shape index (κ1) is 10.6. The molecule has 0 unspecified atom stereocenters. The van der Waals surface area contributed by atoms with E-state index in [4.69, 9.17) is 0 Å². The van der Waals surface area contributed by atoms with Gasteiger partial charge in [-0.1, -0.05) is 6.07 Å². The highest BCUT2D eigenvalue weighted by Crippen LogP contribution is 2.03. The molecule has 82 valence electrons. The molecule has 0 aromatic carbocycles. The highest BCUT2D eigenvalue weighted by molar-refractivity contribution is 7.09. The molecule has 2 amide bonds. The van der Waals surface area contributed by atoms with E-state index in [9.17, 15) is 4.79 Å². The smallest absolute Gasteiger partial charge is 0.320 e. The first-order chi connectivity index (χ1) is 7.84. The van der Waals surface area contributed by atoms with Crippen molar-refractivity contribution in [2.45, 2.75) is 6.54 Å². The number of nitrogens with one attached hydrogen (secondary N) is 2. The molecule has 16 heavy (non-hydrogen) atoms. The van der Waals surface area contributed by atoms with Crippen molar-refractivity contribution in [3.8, 4) is 0 Å². The lowest BCUT2D eigenvalue weighted by atomic mass is 10.5. The second-order valence-corrected chi connectivity index (χ2v) is 3.93. The highest BCUT2D eigenvalue weighted by Gasteiger charge is 2.02. The SMILES string of the molecule is O=C(NCc1nccs1)Nc1ccccn1. The Morgan fingerprint density at radius 1 is 1.31 bits per heavy atom. The molecule has 0 atom stereocenters. The van der Waals surface area contributed by atoms with E-state index in [1.807, 2.05) is 11.4 Å². The Hall–Kier alpha value is -1.95. The van der Waals surface area contributed by atoms with Crippen molar-refractivity contribution >= 4 is 23.2 Å². The quantitative estimate of drug-likeness (QED) is 0.851. The van der Waals surface area contributed by atoms with Gasteiger partial charge in [0, 0.05) is 17.8 Å². The van der Waals surface area contributed by atoms with Crippen molar-refractivity contribution in [2.75, 3.05) is 5.32 Å². The highest BCUT2D eigenvalue weighted by atomic mass is 32.1. The van der Waals surface area contributed by atoms with E-state index in [0.717, 1.165) is 5.01 Å². The van der Waals surface area contributed by atoms with Crippen LogP contribution in [0.15, 0.2) is 36.0 Å². The number of carbonyl (C=O) groups excluding carboxylic acids is 1. The Morgan fingerprint density at radius 3 is 2.94 bits per heavy atom. The topological polar surface area (TPSA) is 66.9 Å². The molecule has 0 aliphatic heterocycles. The zero-order valence-corrected chi connectivity index (χ0v) is 9.20. The lowest BCUT2D eigenvalue weighted by Crippen LogP contribution is -2.28. The second kappa shape index (κ2) is 5.22. The van der Waals surface area contributed by atoms with Crippen LogP contribution in [0.5, 0.6) is 0 Å². The largest absolute Gasteiger partial charge is 0.331 e. The maximum Gasteiger partial charge on any atom is 0.320 e. The number of hydrogen-bond donors (Lipinski definition) is 2. The third-order valence-corrected chi connectivity index (χ3v) is 2.57. The fraction of sp³-hybridized carbons (Fsp3) is 0.100. The molecule has 2 heterocycles. The normalized spacial score (nSPS) is 9.75. The molecule has 0 aliphatic carbocycles. The summed E-state index contributed by atoms with van der Waals surface area (Å²) in [6.07, 6.45) is 3.33. The van der Waals surface area contributed by atoms with Crippen molar-refractivity contribution in [3.05, 3.63) is 41.0 Å². The summed E-state index contributed by atoms with van der Waals surface area (Å²) in [6.45, 7) is 0.427. The van der Waals surface area contributed by atoms with Crippen molar-refractivity contribution in [2.24, 2.45) is 0 Å². The predicted molar refractivity (Wildman–Crippen MR) is 62.2 cm³/mol. The first-order valence-electron chi connectivity index (χ1n) is 4.69. The maximum atomic E-state index is 11.4. The van der Waals surface area contributed by atoms with Gasteiger partial charge in [0.2, 0.25) is 0 Å². The molecule has 0 aliphatic rings. The number of pyridine rings is 1. The van der Waals surface area contributed by atoms with E-state index >= 15 is 0 Å². The molecule has 2 rings (SSSR count). The monoisotopic (exact) mass is 234 g/mol. The fourth-order valence-corrected chi connectivity index (χ4v) is 1.65. The third-order valence-electron chi connectivity index (χ3n) is 1.79. The van der Waals surface area contributed by atoms with Gasteiger partial charge in [0.05, 0.1) is 6.54 Å². The van der Waals surface area contributed by atoms with E-state index in [1.165, 1.54) is 11.3 Å². The molecule has 0 radical (unpaired) electrons. The van der Waals surface area contributed by atoms with Crippen molar-refractivity contribution in [1.82, 2.24) is 15.3 Å². The molecule has 5 nitrogen and oxygen atoms in total. The Kier molecular flexibility index (Phi) is 3.45. The van der Waals surface area contributed by atoms with Gasteiger partial charge in [-0.05, 0) is 12.1 Å². The second-order valence-electron chi connectivity index (χ2n) is 2.95. The fourth-order valence-electron chi connectivity index (χ4n) is 1.09. The van der Waals surface area contributed by atoms with Gasteiger partial charge in [-0.15, -0.1) is 11.3 Å². The van der Waals surface area contributed by atoms with E-state index in [2.05, 4.69) is 20.6 Å². The Labute approximate surface area is 96.6 Å². The number of carbonyl (C=O) groups is 1. The maximum absolute atomic E-state index is 11.4. The van der Waals surface area contributed by atoms with Gasteiger partial charge in [0.15, 0.2) is 0 Å². The van der Waals surface area contributed by atoms with E-state index in [0.29, 0.717) is 12.4 Å². The molecule has 0 saturated heterocycles. The predicted octanol–water partition coefficient (Wildman–Crippen LogP) is 1.86. The number of anilines is 1. The molecule has 2 aromatic rings. The van der Waals surface area contributed by atoms with Gasteiger partial charge in [-0.2, -0.15) is 0 Å². The van der Waals surface area contributed by atoms with Gasteiger partial charge in [-0.3, -0.25) is 5.32 Å². The molecule has 2 N–H and O–H groups in total. The molecule has 6 heteroatoms. The lowest BCUT2D eigenvalue weighted by molar-refractivity contribution is 0.251. The average molecular weight is 234 g/mol. The van der Waals surface area contributed by atoms with Crippen molar-refractivity contribution in [1.29, 1.82) is 0 Å². The summed E-state index contributed by atoms with van der Waals surface area (Å²) in [4.78, 5) is 19.5. The number of hydrogen-bond acceptors (Lipinski definition) is 4. The summed E-state index contributed by atoms with van der Waals surface area (Å²) < 4.78 is 0. The van der Waals surface area contributed by atoms with Crippen LogP contribution in [-0.2, 0) is 6.54 Å². The summed E-state index contributed by atoms with van der Waals surface area (Å²) >= 11 is 1.50. The minimum absolute atomic E-state index is 0.283. The first-order valence-corrected chi connectivity index (χ1v) is 5.57. The minimum atomic E-state index is -0.283. The standard InChI is InChI=1S/C10H10N4OS/c15-10(13-7-9-12-5-6-16-9)14-8-3-1-2-4-11-8/h1-6H,7H2,(H2,11,13,14,15). The van der Waals surface area contributed by atoms with Crippen LogP contribution >= 0.6 is 11.3 Å². The Bertz CT molecular complexity index is 443. The summed E-state index contributed by atoms with van der Waals surface area (Å²) in [5.41, 5.74) is 0. The van der Waals surface area contributed by atoms with Gasteiger partial charge in [0.25, 0.3) is 0 Å². The summed E-state index contributed by atoms with van der Waals surface area (Å²) in [5, 5.41) is 8.05. The third kappa shape index (κ3) is 3.03. The van der Waals surface area contributed by atoms with Gasteiger partial charge < -0.3 is 5.32 Å².